The average molecular weight is 338 g/mol. The van der Waals surface area contributed by atoms with Crippen LogP contribution in [0.5, 0.6) is 5.75 Å². The first-order valence-corrected chi connectivity index (χ1v) is 7.35. The molecule has 0 saturated carbocycles. The van der Waals surface area contributed by atoms with Crippen LogP contribution in [0.1, 0.15) is 25.5 Å². The zero-order valence-corrected chi connectivity index (χ0v) is 13.1. The highest BCUT2D eigenvalue weighted by atomic mass is 79.9. The largest absolute Gasteiger partial charge is 0.494 e. The fourth-order valence-electron chi connectivity index (χ4n) is 2.06. The normalized spacial score (nSPS) is 12.0. The van der Waals surface area contributed by atoms with Crippen molar-refractivity contribution in [2.24, 2.45) is 0 Å². The van der Waals surface area contributed by atoms with E-state index in [0.29, 0.717) is 16.8 Å². The van der Waals surface area contributed by atoms with Gasteiger partial charge in [0.2, 0.25) is 0 Å². The zero-order valence-electron chi connectivity index (χ0n) is 11.5. The molecule has 0 spiro atoms. The van der Waals surface area contributed by atoms with Gasteiger partial charge in [-0.25, -0.2) is 4.39 Å². The van der Waals surface area contributed by atoms with Crippen molar-refractivity contribution >= 4 is 21.6 Å². The first kappa shape index (κ1) is 14.9. The first-order valence-electron chi connectivity index (χ1n) is 6.55. The molecule has 0 aliphatic carbocycles. The molecule has 0 aliphatic rings. The minimum Gasteiger partial charge on any atom is -0.494 e. The third kappa shape index (κ3) is 3.31. The molecule has 1 atom stereocenters. The average Bonchev–Trinajstić information content (AvgIpc) is 2.44. The molecule has 0 aromatic heterocycles. The molecule has 2 nitrogen and oxygen atoms in total. The predicted octanol–water partition coefficient (Wildman–Crippen LogP) is 5.16. The van der Waals surface area contributed by atoms with Gasteiger partial charge in [0.1, 0.15) is 11.6 Å². The molecule has 0 saturated heterocycles. The maximum absolute atomic E-state index is 13.9. The quantitative estimate of drug-likeness (QED) is 0.813. The van der Waals surface area contributed by atoms with Crippen molar-refractivity contribution in [1.82, 2.24) is 0 Å². The van der Waals surface area contributed by atoms with Crippen molar-refractivity contribution in [1.29, 1.82) is 0 Å². The van der Waals surface area contributed by atoms with Crippen LogP contribution in [0.2, 0.25) is 0 Å². The van der Waals surface area contributed by atoms with Gasteiger partial charge in [-0.05, 0) is 48.0 Å². The summed E-state index contributed by atoms with van der Waals surface area (Å²) in [7, 11) is 0. The first-order chi connectivity index (χ1) is 9.63. The Kier molecular flexibility index (Phi) is 5.01. The molecular weight excluding hydrogens is 321 g/mol. The van der Waals surface area contributed by atoms with Gasteiger partial charge in [-0.1, -0.05) is 24.3 Å². The van der Waals surface area contributed by atoms with Gasteiger partial charge in [-0.2, -0.15) is 0 Å². The van der Waals surface area contributed by atoms with E-state index in [1.165, 1.54) is 6.07 Å². The summed E-state index contributed by atoms with van der Waals surface area (Å²) in [4.78, 5) is 0. The van der Waals surface area contributed by atoms with Gasteiger partial charge >= 0.3 is 0 Å². The topological polar surface area (TPSA) is 21.3 Å². The molecule has 1 N–H and O–H groups in total. The summed E-state index contributed by atoms with van der Waals surface area (Å²) in [6.07, 6.45) is 0. The number of halogens is 2. The second-order valence-corrected chi connectivity index (χ2v) is 5.29. The van der Waals surface area contributed by atoms with E-state index >= 15 is 0 Å². The Morgan fingerprint density at radius 1 is 1.20 bits per heavy atom. The maximum Gasteiger partial charge on any atom is 0.147 e. The van der Waals surface area contributed by atoms with E-state index < -0.39 is 0 Å². The summed E-state index contributed by atoms with van der Waals surface area (Å²) in [6, 6.07) is 12.6. The van der Waals surface area contributed by atoms with Crippen LogP contribution in [-0.2, 0) is 0 Å². The minimum atomic E-state index is -0.278. The van der Waals surface area contributed by atoms with Crippen molar-refractivity contribution < 1.29 is 9.13 Å². The van der Waals surface area contributed by atoms with E-state index in [2.05, 4.69) is 21.2 Å². The molecule has 0 fully saturated rings. The number of rotatable bonds is 5. The van der Waals surface area contributed by atoms with Crippen LogP contribution in [0.25, 0.3) is 0 Å². The second-order valence-electron chi connectivity index (χ2n) is 4.43. The van der Waals surface area contributed by atoms with Crippen molar-refractivity contribution in [2.45, 2.75) is 19.9 Å². The van der Waals surface area contributed by atoms with Crippen LogP contribution >= 0.6 is 15.9 Å². The number of para-hydroxylation sites is 2. The van der Waals surface area contributed by atoms with Gasteiger partial charge in [0.15, 0.2) is 0 Å². The Bertz CT molecular complexity index is 568. The lowest BCUT2D eigenvalue weighted by Crippen LogP contribution is -2.10. The van der Waals surface area contributed by atoms with Crippen LogP contribution in [0, 0.1) is 5.82 Å². The van der Waals surface area contributed by atoms with E-state index in [9.17, 15) is 4.39 Å². The Hall–Kier alpha value is -1.55. The Morgan fingerprint density at radius 3 is 2.65 bits per heavy atom. The summed E-state index contributed by atoms with van der Waals surface area (Å²) < 4.78 is 20.2. The molecule has 0 amide bonds. The molecule has 2 rings (SSSR count). The van der Waals surface area contributed by atoms with E-state index in [1.807, 2.05) is 44.2 Å². The Labute approximate surface area is 127 Å². The van der Waals surface area contributed by atoms with Crippen molar-refractivity contribution in [2.75, 3.05) is 11.9 Å². The molecule has 0 heterocycles. The third-order valence-corrected chi connectivity index (χ3v) is 3.67. The number of anilines is 1. The molecule has 106 valence electrons. The summed E-state index contributed by atoms with van der Waals surface area (Å²) in [5.41, 5.74) is 1.47. The number of benzene rings is 2. The fraction of sp³-hybridized carbons (Fsp3) is 0.250. The van der Waals surface area contributed by atoms with Gasteiger partial charge in [0.25, 0.3) is 0 Å². The number of hydrogen-bond acceptors (Lipinski definition) is 2. The highest BCUT2D eigenvalue weighted by molar-refractivity contribution is 9.10. The van der Waals surface area contributed by atoms with Crippen molar-refractivity contribution in [3.8, 4) is 5.75 Å². The lowest BCUT2D eigenvalue weighted by atomic mass is 10.1. The van der Waals surface area contributed by atoms with Gasteiger partial charge in [-0.3, -0.25) is 0 Å². The van der Waals surface area contributed by atoms with Crippen LogP contribution in [0.3, 0.4) is 0 Å². The summed E-state index contributed by atoms with van der Waals surface area (Å²) >= 11 is 3.36. The van der Waals surface area contributed by atoms with Crippen LogP contribution in [-0.4, -0.2) is 6.61 Å². The number of ether oxygens (including phenoxy) is 1. The molecule has 20 heavy (non-hydrogen) atoms. The summed E-state index contributed by atoms with van der Waals surface area (Å²) in [5.74, 6) is 0.544. The monoisotopic (exact) mass is 337 g/mol. The molecule has 1 unspecified atom stereocenters. The molecular formula is C16H17BrFNO. The van der Waals surface area contributed by atoms with Crippen LogP contribution < -0.4 is 10.1 Å². The van der Waals surface area contributed by atoms with Crippen molar-refractivity contribution in [3.63, 3.8) is 0 Å². The standard InChI is InChI=1S/C16H17BrFNO/c1-3-20-15-10-5-4-7-12(15)11(2)19-16-13(17)8-6-9-14(16)18/h4-11,19H,3H2,1-2H3. The molecule has 2 aromatic carbocycles. The second kappa shape index (κ2) is 6.75. The van der Waals surface area contributed by atoms with Gasteiger partial charge in [0.05, 0.1) is 18.3 Å². The van der Waals surface area contributed by atoms with Crippen LogP contribution in [0.4, 0.5) is 10.1 Å². The molecule has 0 radical (unpaired) electrons. The van der Waals surface area contributed by atoms with Crippen molar-refractivity contribution in [3.05, 3.63) is 58.3 Å². The molecule has 2 aromatic rings. The van der Waals surface area contributed by atoms with Gasteiger partial charge in [0, 0.05) is 10.0 Å². The minimum absolute atomic E-state index is 0.0639. The highest BCUT2D eigenvalue weighted by Crippen LogP contribution is 2.32. The molecule has 0 bridgehead atoms. The maximum atomic E-state index is 13.9. The highest BCUT2D eigenvalue weighted by Gasteiger charge is 2.14. The smallest absolute Gasteiger partial charge is 0.147 e. The van der Waals surface area contributed by atoms with Gasteiger partial charge < -0.3 is 10.1 Å². The number of nitrogens with one attached hydrogen (secondary N) is 1. The third-order valence-electron chi connectivity index (χ3n) is 3.01. The SMILES string of the molecule is CCOc1ccccc1C(C)Nc1c(F)cccc1Br. The van der Waals surface area contributed by atoms with E-state index in [-0.39, 0.29) is 11.9 Å². The lowest BCUT2D eigenvalue weighted by molar-refractivity contribution is 0.335. The van der Waals surface area contributed by atoms with E-state index in [4.69, 9.17) is 4.74 Å². The summed E-state index contributed by atoms with van der Waals surface area (Å²) in [5, 5.41) is 3.19. The fourth-order valence-corrected chi connectivity index (χ4v) is 2.51. The Morgan fingerprint density at radius 2 is 1.95 bits per heavy atom. The Balaban J connectivity index is 2.26. The summed E-state index contributed by atoms with van der Waals surface area (Å²) in [6.45, 7) is 4.53. The molecule has 4 heteroatoms. The lowest BCUT2D eigenvalue weighted by Gasteiger charge is -2.20. The predicted molar refractivity (Wildman–Crippen MR) is 83.7 cm³/mol. The van der Waals surface area contributed by atoms with Gasteiger partial charge in [-0.15, -0.1) is 0 Å². The zero-order chi connectivity index (χ0) is 14.5. The van der Waals surface area contributed by atoms with Crippen LogP contribution in [0.15, 0.2) is 46.9 Å². The molecule has 0 aliphatic heterocycles. The van der Waals surface area contributed by atoms with E-state index in [1.54, 1.807) is 6.07 Å². The number of hydrogen-bond donors (Lipinski definition) is 1. The van der Waals surface area contributed by atoms with E-state index in [0.717, 1.165) is 11.3 Å².